The minimum absolute atomic E-state index is 1.19. The summed E-state index contributed by atoms with van der Waals surface area (Å²) < 4.78 is 0. The van der Waals surface area contributed by atoms with Gasteiger partial charge in [-0.25, -0.2) is 0 Å². The van der Waals surface area contributed by atoms with Crippen molar-refractivity contribution in [3.63, 3.8) is 0 Å². The first-order valence-corrected chi connectivity index (χ1v) is 7.89. The van der Waals surface area contributed by atoms with E-state index in [1.54, 1.807) is 0 Å². The Morgan fingerprint density at radius 3 is 2.22 bits per heavy atom. The Morgan fingerprint density at radius 2 is 1.30 bits per heavy atom. The molecule has 0 saturated heterocycles. The van der Waals surface area contributed by atoms with Crippen LogP contribution in [0.1, 0.15) is 0 Å². The average Bonchev–Trinajstić information content (AvgIpc) is 3.00. The van der Waals surface area contributed by atoms with Crippen LogP contribution in [-0.2, 0) is 0 Å². The van der Waals surface area contributed by atoms with E-state index >= 15 is 0 Å². The Labute approximate surface area is 134 Å². The number of nitrogens with one attached hydrogen (secondary N) is 1. The molecule has 0 radical (unpaired) electrons. The highest BCUT2D eigenvalue weighted by atomic mass is 14.7. The fourth-order valence-electron chi connectivity index (χ4n) is 3.46. The van der Waals surface area contributed by atoms with E-state index in [2.05, 4.69) is 89.9 Å². The van der Waals surface area contributed by atoms with Gasteiger partial charge in [-0.1, -0.05) is 78.9 Å². The second-order valence-corrected chi connectivity index (χ2v) is 5.96. The molecule has 0 fully saturated rings. The van der Waals surface area contributed by atoms with Crippen molar-refractivity contribution in [1.82, 2.24) is 4.98 Å². The molecule has 0 unspecified atom stereocenters. The second kappa shape index (κ2) is 4.72. The number of rotatable bonds is 1. The smallest absolute Gasteiger partial charge is 0.0544 e. The Hall–Kier alpha value is -3.06. The third-order valence-corrected chi connectivity index (χ3v) is 4.61. The quantitative estimate of drug-likeness (QED) is 0.382. The first kappa shape index (κ1) is 12.5. The average molecular weight is 293 g/mol. The molecule has 1 heterocycles. The second-order valence-electron chi connectivity index (χ2n) is 5.96. The highest BCUT2D eigenvalue weighted by Gasteiger charge is 2.08. The molecule has 23 heavy (non-hydrogen) atoms. The van der Waals surface area contributed by atoms with Gasteiger partial charge in [0.15, 0.2) is 0 Å². The van der Waals surface area contributed by atoms with Gasteiger partial charge in [-0.3, -0.25) is 0 Å². The molecule has 0 aliphatic rings. The lowest BCUT2D eigenvalue weighted by atomic mass is 10.0. The molecule has 5 aromatic rings. The molecule has 0 spiro atoms. The Balaban J connectivity index is 1.84. The third kappa shape index (κ3) is 1.87. The number of aromatic nitrogens is 1. The summed E-state index contributed by atoms with van der Waals surface area (Å²) in [5, 5.41) is 5.13. The van der Waals surface area contributed by atoms with Gasteiger partial charge in [0.2, 0.25) is 0 Å². The zero-order chi connectivity index (χ0) is 15.2. The first-order chi connectivity index (χ1) is 11.4. The van der Waals surface area contributed by atoms with Gasteiger partial charge in [0.25, 0.3) is 0 Å². The summed E-state index contributed by atoms with van der Waals surface area (Å²) in [6.07, 6.45) is 0. The minimum Gasteiger partial charge on any atom is -0.354 e. The molecule has 0 bridgehead atoms. The topological polar surface area (TPSA) is 15.8 Å². The van der Waals surface area contributed by atoms with Crippen LogP contribution in [0.25, 0.3) is 43.7 Å². The van der Waals surface area contributed by atoms with Crippen LogP contribution in [-0.4, -0.2) is 4.98 Å². The molecule has 5 rings (SSSR count). The number of benzene rings is 4. The SMILES string of the molecule is c1ccc(-c2ccc3c(c2)[nH]c2c4ccccc4ccc32)cc1. The Bertz CT molecular complexity index is 1150. The molecule has 108 valence electrons. The molecular formula is C22H15N. The number of H-pyrrole nitrogens is 1. The van der Waals surface area contributed by atoms with Crippen molar-refractivity contribution in [3.05, 3.63) is 84.9 Å². The molecule has 0 aliphatic carbocycles. The summed E-state index contributed by atoms with van der Waals surface area (Å²) in [5.41, 5.74) is 4.91. The Kier molecular flexibility index (Phi) is 2.56. The van der Waals surface area contributed by atoms with Gasteiger partial charge in [0.05, 0.1) is 5.52 Å². The normalized spacial score (nSPS) is 11.5. The van der Waals surface area contributed by atoms with Crippen molar-refractivity contribution >= 4 is 32.6 Å². The maximum atomic E-state index is 3.63. The lowest BCUT2D eigenvalue weighted by molar-refractivity contribution is 1.55. The summed E-state index contributed by atoms with van der Waals surface area (Å²) in [6, 6.07) is 30.2. The standard InChI is InChI=1S/C22H15N/c1-2-6-15(7-3-1)17-11-12-19-20-13-10-16-8-4-5-9-18(16)22(20)23-21(19)14-17/h1-14,23H. The van der Waals surface area contributed by atoms with E-state index in [4.69, 9.17) is 0 Å². The largest absolute Gasteiger partial charge is 0.354 e. The van der Waals surface area contributed by atoms with Crippen LogP contribution < -0.4 is 0 Å². The molecule has 1 heteroatoms. The van der Waals surface area contributed by atoms with Gasteiger partial charge >= 0.3 is 0 Å². The van der Waals surface area contributed by atoms with Crippen LogP contribution in [0.4, 0.5) is 0 Å². The predicted molar refractivity (Wildman–Crippen MR) is 98.7 cm³/mol. The summed E-state index contributed by atoms with van der Waals surface area (Å²) in [5.74, 6) is 0. The van der Waals surface area contributed by atoms with E-state index in [9.17, 15) is 0 Å². The van der Waals surface area contributed by atoms with Crippen LogP contribution in [0.15, 0.2) is 84.9 Å². The van der Waals surface area contributed by atoms with Gasteiger partial charge in [-0.2, -0.15) is 0 Å². The third-order valence-electron chi connectivity index (χ3n) is 4.61. The highest BCUT2D eigenvalue weighted by Crippen LogP contribution is 2.33. The maximum absolute atomic E-state index is 3.63. The summed E-state index contributed by atoms with van der Waals surface area (Å²) in [6.45, 7) is 0. The van der Waals surface area contributed by atoms with Gasteiger partial charge in [-0.15, -0.1) is 0 Å². The molecule has 0 saturated carbocycles. The van der Waals surface area contributed by atoms with E-state index in [-0.39, 0.29) is 0 Å². The summed E-state index contributed by atoms with van der Waals surface area (Å²) in [7, 11) is 0. The van der Waals surface area contributed by atoms with Crippen LogP contribution in [0.3, 0.4) is 0 Å². The number of hydrogen-bond acceptors (Lipinski definition) is 0. The number of aromatic amines is 1. The molecule has 0 atom stereocenters. The fraction of sp³-hybridized carbons (Fsp3) is 0. The lowest BCUT2D eigenvalue weighted by Gasteiger charge is -2.01. The van der Waals surface area contributed by atoms with Crippen molar-refractivity contribution in [2.45, 2.75) is 0 Å². The minimum atomic E-state index is 1.19. The van der Waals surface area contributed by atoms with E-state index in [0.717, 1.165) is 0 Å². The molecule has 0 amide bonds. The van der Waals surface area contributed by atoms with Crippen LogP contribution >= 0.6 is 0 Å². The molecular weight excluding hydrogens is 278 g/mol. The number of hydrogen-bond donors (Lipinski definition) is 1. The zero-order valence-corrected chi connectivity index (χ0v) is 12.6. The maximum Gasteiger partial charge on any atom is 0.0544 e. The molecule has 0 aliphatic heterocycles. The van der Waals surface area contributed by atoms with Crippen molar-refractivity contribution in [3.8, 4) is 11.1 Å². The number of fused-ring (bicyclic) bond motifs is 5. The van der Waals surface area contributed by atoms with Crippen molar-refractivity contribution in [1.29, 1.82) is 0 Å². The van der Waals surface area contributed by atoms with Crippen molar-refractivity contribution < 1.29 is 0 Å². The van der Waals surface area contributed by atoms with Crippen LogP contribution in [0, 0.1) is 0 Å². The summed E-state index contributed by atoms with van der Waals surface area (Å²) in [4.78, 5) is 3.63. The van der Waals surface area contributed by atoms with Crippen LogP contribution in [0.2, 0.25) is 0 Å². The monoisotopic (exact) mass is 293 g/mol. The van der Waals surface area contributed by atoms with Gasteiger partial charge in [-0.05, 0) is 22.6 Å². The highest BCUT2D eigenvalue weighted by molar-refractivity contribution is 6.17. The van der Waals surface area contributed by atoms with E-state index < -0.39 is 0 Å². The predicted octanol–water partition coefficient (Wildman–Crippen LogP) is 6.14. The molecule has 1 aromatic heterocycles. The van der Waals surface area contributed by atoms with Crippen molar-refractivity contribution in [2.75, 3.05) is 0 Å². The van der Waals surface area contributed by atoms with E-state index in [1.165, 1.54) is 43.7 Å². The van der Waals surface area contributed by atoms with Gasteiger partial charge in [0, 0.05) is 21.7 Å². The Morgan fingerprint density at radius 1 is 0.522 bits per heavy atom. The van der Waals surface area contributed by atoms with Gasteiger partial charge < -0.3 is 4.98 Å². The fourth-order valence-corrected chi connectivity index (χ4v) is 3.46. The van der Waals surface area contributed by atoms with Crippen molar-refractivity contribution in [2.24, 2.45) is 0 Å². The summed E-state index contributed by atoms with van der Waals surface area (Å²) >= 11 is 0. The molecule has 1 nitrogen and oxygen atoms in total. The molecule has 4 aromatic carbocycles. The lowest BCUT2D eigenvalue weighted by Crippen LogP contribution is -1.77. The van der Waals surface area contributed by atoms with E-state index in [1.807, 2.05) is 0 Å². The molecule has 1 N–H and O–H groups in total. The van der Waals surface area contributed by atoms with Crippen LogP contribution in [0.5, 0.6) is 0 Å². The zero-order valence-electron chi connectivity index (χ0n) is 12.6. The van der Waals surface area contributed by atoms with E-state index in [0.29, 0.717) is 0 Å². The van der Waals surface area contributed by atoms with Gasteiger partial charge in [0.1, 0.15) is 0 Å². The first-order valence-electron chi connectivity index (χ1n) is 7.89.